The first kappa shape index (κ1) is 17.8. The Morgan fingerprint density at radius 3 is 2.50 bits per heavy atom. The largest absolute Gasteiger partial charge is 0.503 e. The molecule has 0 radical (unpaired) electrons. The first-order chi connectivity index (χ1) is 12.4. The summed E-state index contributed by atoms with van der Waals surface area (Å²) in [5, 5.41) is 10.4. The Morgan fingerprint density at radius 2 is 1.88 bits per heavy atom. The fraction of sp³-hybridized carbons (Fsp3) is 0.250. The number of hydrogen-bond acceptors (Lipinski definition) is 4. The van der Waals surface area contributed by atoms with Crippen LogP contribution in [-0.2, 0) is 16.1 Å². The maximum Gasteiger partial charge on any atom is 0.290 e. The zero-order chi connectivity index (χ0) is 18.8. The quantitative estimate of drug-likeness (QED) is 0.894. The maximum absolute atomic E-state index is 14.5. The van der Waals surface area contributed by atoms with Crippen molar-refractivity contribution >= 4 is 11.7 Å². The van der Waals surface area contributed by atoms with Gasteiger partial charge in [-0.2, -0.15) is 0 Å². The zero-order valence-electron chi connectivity index (χ0n) is 14.5. The highest BCUT2D eigenvalue weighted by Gasteiger charge is 2.44. The number of rotatable bonds is 5. The molecule has 1 N–H and O–H groups in total. The van der Waals surface area contributed by atoms with Gasteiger partial charge in [-0.1, -0.05) is 32.0 Å². The van der Waals surface area contributed by atoms with Crippen molar-refractivity contribution in [1.29, 1.82) is 0 Å². The number of nitrogens with zero attached hydrogens (tertiary/aromatic N) is 2. The van der Waals surface area contributed by atoms with Gasteiger partial charge in [0.1, 0.15) is 5.82 Å². The van der Waals surface area contributed by atoms with Gasteiger partial charge in [0.2, 0.25) is 0 Å². The number of Topliss-reactive ketones (excluding diaryl/α,β-unsaturated/α-hetero) is 1. The third kappa shape index (κ3) is 3.10. The van der Waals surface area contributed by atoms with E-state index in [0.29, 0.717) is 0 Å². The van der Waals surface area contributed by atoms with E-state index in [0.717, 1.165) is 5.56 Å². The Labute approximate surface area is 150 Å². The number of benzene rings is 1. The summed E-state index contributed by atoms with van der Waals surface area (Å²) < 4.78 is 14.5. The second-order valence-corrected chi connectivity index (χ2v) is 6.49. The first-order valence-electron chi connectivity index (χ1n) is 8.33. The summed E-state index contributed by atoms with van der Waals surface area (Å²) in [7, 11) is 0. The fourth-order valence-corrected chi connectivity index (χ4v) is 3.08. The molecule has 1 amide bonds. The van der Waals surface area contributed by atoms with Gasteiger partial charge in [0.05, 0.1) is 11.6 Å². The number of aliphatic hydroxyl groups excluding tert-OH is 1. The number of aromatic nitrogens is 1. The minimum Gasteiger partial charge on any atom is -0.503 e. The molecule has 1 aliphatic rings. The highest BCUT2D eigenvalue weighted by atomic mass is 19.1. The molecule has 1 unspecified atom stereocenters. The smallest absolute Gasteiger partial charge is 0.290 e. The molecule has 0 fully saturated rings. The first-order valence-corrected chi connectivity index (χ1v) is 8.33. The molecule has 26 heavy (non-hydrogen) atoms. The zero-order valence-corrected chi connectivity index (χ0v) is 14.5. The van der Waals surface area contributed by atoms with Crippen molar-refractivity contribution in [2.75, 3.05) is 0 Å². The van der Waals surface area contributed by atoms with Crippen LogP contribution in [0.3, 0.4) is 0 Å². The normalized spacial score (nSPS) is 17.3. The van der Waals surface area contributed by atoms with E-state index in [4.69, 9.17) is 0 Å². The van der Waals surface area contributed by atoms with E-state index in [9.17, 15) is 19.1 Å². The molecule has 0 spiro atoms. The maximum atomic E-state index is 14.5. The van der Waals surface area contributed by atoms with E-state index in [2.05, 4.69) is 4.98 Å². The second kappa shape index (κ2) is 7.07. The Kier molecular flexibility index (Phi) is 4.84. The van der Waals surface area contributed by atoms with Crippen molar-refractivity contribution in [3.05, 3.63) is 77.1 Å². The number of halogens is 1. The van der Waals surface area contributed by atoms with E-state index in [1.54, 1.807) is 44.4 Å². The number of carbonyl (C=O) groups excluding carboxylic acids is 2. The molecule has 134 valence electrons. The van der Waals surface area contributed by atoms with E-state index >= 15 is 0 Å². The Bertz CT molecular complexity index is 878. The predicted octanol–water partition coefficient (Wildman–Crippen LogP) is 3.34. The minimum absolute atomic E-state index is 0.0517. The van der Waals surface area contributed by atoms with Crippen LogP contribution in [0.2, 0.25) is 0 Å². The molecule has 1 atom stereocenters. The van der Waals surface area contributed by atoms with E-state index in [1.165, 1.54) is 23.1 Å². The Morgan fingerprint density at radius 1 is 1.23 bits per heavy atom. The van der Waals surface area contributed by atoms with Crippen LogP contribution in [0.5, 0.6) is 0 Å². The highest BCUT2D eigenvalue weighted by Crippen LogP contribution is 2.40. The van der Waals surface area contributed by atoms with Gasteiger partial charge in [-0.15, -0.1) is 0 Å². The van der Waals surface area contributed by atoms with Crippen LogP contribution in [0.1, 0.15) is 31.0 Å². The summed E-state index contributed by atoms with van der Waals surface area (Å²) in [6.07, 6.45) is 3.17. The van der Waals surface area contributed by atoms with Crippen molar-refractivity contribution < 1.29 is 19.1 Å². The van der Waals surface area contributed by atoms with Crippen LogP contribution in [-0.4, -0.2) is 26.7 Å². The van der Waals surface area contributed by atoms with Crippen molar-refractivity contribution in [2.45, 2.75) is 26.4 Å². The number of amides is 1. The summed E-state index contributed by atoms with van der Waals surface area (Å²) in [5.41, 5.74) is 0.896. The molecular weight excluding hydrogens is 335 g/mol. The van der Waals surface area contributed by atoms with Gasteiger partial charge in [0.25, 0.3) is 5.91 Å². The lowest BCUT2D eigenvalue weighted by atomic mass is 9.91. The van der Waals surface area contributed by atoms with E-state index in [1.807, 2.05) is 0 Å². The molecule has 0 aliphatic carbocycles. The van der Waals surface area contributed by atoms with Crippen LogP contribution in [0.25, 0.3) is 0 Å². The molecule has 3 rings (SSSR count). The van der Waals surface area contributed by atoms with Crippen LogP contribution in [0.15, 0.2) is 60.1 Å². The fourth-order valence-electron chi connectivity index (χ4n) is 3.08. The standard InChI is InChI=1S/C20H19FN2O3/c1-12(2)18(24)16-17(14-5-3-4-6-15(14)21)23(20(26)19(16)25)11-13-7-9-22-10-8-13/h3-10,12,17,25H,11H2,1-2H3. The molecule has 0 saturated heterocycles. The third-order valence-corrected chi connectivity index (χ3v) is 4.40. The highest BCUT2D eigenvalue weighted by molar-refractivity contribution is 6.09. The average Bonchev–Trinajstić information content (AvgIpc) is 2.87. The summed E-state index contributed by atoms with van der Waals surface area (Å²) in [4.78, 5) is 30.6. The molecule has 0 saturated carbocycles. The third-order valence-electron chi connectivity index (χ3n) is 4.40. The molecule has 1 aromatic heterocycles. The van der Waals surface area contributed by atoms with E-state index in [-0.39, 0.29) is 23.5 Å². The van der Waals surface area contributed by atoms with Crippen molar-refractivity contribution in [3.63, 3.8) is 0 Å². The number of aliphatic hydroxyl groups is 1. The van der Waals surface area contributed by atoms with Gasteiger partial charge in [-0.05, 0) is 23.8 Å². The molecule has 2 aromatic rings. The van der Waals surface area contributed by atoms with Gasteiger partial charge in [-0.25, -0.2) is 4.39 Å². The van der Waals surface area contributed by atoms with Gasteiger partial charge < -0.3 is 10.0 Å². The summed E-state index contributed by atoms with van der Waals surface area (Å²) in [6, 6.07) is 8.47. The summed E-state index contributed by atoms with van der Waals surface area (Å²) in [5.74, 6) is -2.63. The predicted molar refractivity (Wildman–Crippen MR) is 93.4 cm³/mol. The molecule has 2 heterocycles. The number of carbonyl (C=O) groups is 2. The monoisotopic (exact) mass is 354 g/mol. The topological polar surface area (TPSA) is 70.5 Å². The summed E-state index contributed by atoms with van der Waals surface area (Å²) in [6.45, 7) is 3.48. The Hall–Kier alpha value is -3.02. The van der Waals surface area contributed by atoms with Crippen molar-refractivity contribution in [3.8, 4) is 0 Å². The lowest BCUT2D eigenvalue weighted by Crippen LogP contribution is -2.31. The lowest BCUT2D eigenvalue weighted by Gasteiger charge is -2.27. The van der Waals surface area contributed by atoms with E-state index < -0.39 is 29.4 Å². The summed E-state index contributed by atoms with van der Waals surface area (Å²) >= 11 is 0. The van der Waals surface area contributed by atoms with Crippen LogP contribution < -0.4 is 0 Å². The van der Waals surface area contributed by atoms with Gasteiger partial charge in [-0.3, -0.25) is 14.6 Å². The molecule has 1 aliphatic heterocycles. The molecule has 5 nitrogen and oxygen atoms in total. The average molecular weight is 354 g/mol. The van der Waals surface area contributed by atoms with Crippen molar-refractivity contribution in [2.24, 2.45) is 5.92 Å². The molecule has 6 heteroatoms. The second-order valence-electron chi connectivity index (χ2n) is 6.49. The lowest BCUT2D eigenvalue weighted by molar-refractivity contribution is -0.130. The number of pyridine rings is 1. The van der Waals surface area contributed by atoms with Crippen LogP contribution in [0, 0.1) is 11.7 Å². The molecule has 1 aromatic carbocycles. The molecule has 0 bridgehead atoms. The van der Waals surface area contributed by atoms with Crippen LogP contribution in [0.4, 0.5) is 4.39 Å². The van der Waals surface area contributed by atoms with Gasteiger partial charge in [0.15, 0.2) is 11.5 Å². The SMILES string of the molecule is CC(C)C(=O)C1=C(O)C(=O)N(Cc2ccncc2)C1c1ccccc1F. The molecular formula is C20H19FN2O3. The van der Waals surface area contributed by atoms with Gasteiger partial charge in [0, 0.05) is 30.4 Å². The van der Waals surface area contributed by atoms with Crippen LogP contribution >= 0.6 is 0 Å². The van der Waals surface area contributed by atoms with Crippen molar-refractivity contribution in [1.82, 2.24) is 9.88 Å². The number of hydrogen-bond donors (Lipinski definition) is 1. The Balaban J connectivity index is 2.11. The van der Waals surface area contributed by atoms with Gasteiger partial charge >= 0.3 is 0 Å². The minimum atomic E-state index is -0.966. The number of ketones is 1.